The molecular formula is C7H5ClF2IN. The van der Waals surface area contributed by atoms with Gasteiger partial charge in [-0.15, -0.1) is 11.6 Å². The molecule has 0 spiro atoms. The first kappa shape index (κ1) is 10.1. The lowest BCUT2D eigenvalue weighted by molar-refractivity contribution is 0.145. The number of pyridine rings is 1. The van der Waals surface area contributed by atoms with E-state index in [9.17, 15) is 8.78 Å². The van der Waals surface area contributed by atoms with Gasteiger partial charge in [-0.05, 0) is 34.7 Å². The molecule has 0 aliphatic carbocycles. The highest BCUT2D eigenvalue weighted by Crippen LogP contribution is 2.22. The predicted octanol–water partition coefficient (Wildman–Crippen LogP) is 3.36. The van der Waals surface area contributed by atoms with Crippen LogP contribution in [0.1, 0.15) is 17.8 Å². The average Bonchev–Trinajstić information content (AvgIpc) is 2.05. The van der Waals surface area contributed by atoms with E-state index in [1.54, 1.807) is 12.1 Å². The Labute approximate surface area is 87.3 Å². The Bertz CT molecular complexity index is 280. The lowest BCUT2D eigenvalue weighted by Crippen LogP contribution is -1.97. The molecule has 0 aliphatic heterocycles. The van der Waals surface area contributed by atoms with E-state index in [0.29, 0.717) is 9.26 Å². The van der Waals surface area contributed by atoms with Crippen molar-refractivity contribution in [2.75, 3.05) is 0 Å². The molecule has 0 saturated carbocycles. The van der Waals surface area contributed by atoms with Crippen LogP contribution in [0.4, 0.5) is 8.78 Å². The van der Waals surface area contributed by atoms with Gasteiger partial charge >= 0.3 is 0 Å². The highest BCUT2D eigenvalue weighted by atomic mass is 127. The van der Waals surface area contributed by atoms with E-state index in [4.69, 9.17) is 11.6 Å². The molecule has 5 heteroatoms. The second-order valence-corrected chi connectivity index (χ2v) is 3.53. The zero-order valence-electron chi connectivity index (χ0n) is 5.90. The van der Waals surface area contributed by atoms with Crippen molar-refractivity contribution in [3.8, 4) is 0 Å². The molecule has 0 N–H and O–H groups in total. The molecular weight excluding hydrogens is 298 g/mol. The molecule has 0 bridgehead atoms. The second-order valence-electron chi connectivity index (χ2n) is 2.10. The Morgan fingerprint density at radius 3 is 2.67 bits per heavy atom. The predicted molar refractivity (Wildman–Crippen MR) is 51.5 cm³/mol. The third kappa shape index (κ3) is 2.26. The van der Waals surface area contributed by atoms with Crippen molar-refractivity contribution >= 4 is 34.2 Å². The van der Waals surface area contributed by atoms with E-state index >= 15 is 0 Å². The normalized spacial score (nSPS) is 10.8. The SMILES string of the molecule is FC(F)c1nc(CCl)ccc1I. The minimum Gasteiger partial charge on any atom is -0.249 e. The lowest BCUT2D eigenvalue weighted by Gasteiger charge is -2.03. The molecule has 0 aromatic carbocycles. The number of hydrogen-bond donors (Lipinski definition) is 0. The molecule has 1 aromatic rings. The first-order chi connectivity index (χ1) is 5.65. The summed E-state index contributed by atoms with van der Waals surface area (Å²) in [5.41, 5.74) is 0.293. The number of rotatable bonds is 2. The van der Waals surface area contributed by atoms with E-state index in [2.05, 4.69) is 4.98 Å². The molecule has 0 radical (unpaired) electrons. The monoisotopic (exact) mass is 303 g/mol. The standard InChI is InChI=1S/C7H5ClF2IN/c8-3-4-1-2-5(11)6(12-4)7(9)10/h1-2,7H,3H2. The number of nitrogens with zero attached hydrogens (tertiary/aromatic N) is 1. The van der Waals surface area contributed by atoms with Crippen LogP contribution in [0.15, 0.2) is 12.1 Å². The van der Waals surface area contributed by atoms with Gasteiger partial charge < -0.3 is 0 Å². The van der Waals surface area contributed by atoms with Crippen molar-refractivity contribution in [1.29, 1.82) is 0 Å². The fraction of sp³-hybridized carbons (Fsp3) is 0.286. The summed E-state index contributed by atoms with van der Waals surface area (Å²) >= 11 is 7.27. The van der Waals surface area contributed by atoms with Crippen molar-refractivity contribution in [3.63, 3.8) is 0 Å². The van der Waals surface area contributed by atoms with Gasteiger partial charge in [0.15, 0.2) is 0 Å². The fourth-order valence-corrected chi connectivity index (χ4v) is 1.41. The summed E-state index contributed by atoms with van der Waals surface area (Å²) in [5, 5.41) is 0. The number of hydrogen-bond acceptors (Lipinski definition) is 1. The number of aromatic nitrogens is 1. The van der Waals surface area contributed by atoms with Crippen LogP contribution in [0.2, 0.25) is 0 Å². The minimum atomic E-state index is -2.53. The largest absolute Gasteiger partial charge is 0.281 e. The number of alkyl halides is 3. The Morgan fingerprint density at radius 2 is 2.17 bits per heavy atom. The molecule has 1 nitrogen and oxygen atoms in total. The second kappa shape index (κ2) is 4.32. The molecule has 1 rings (SSSR count). The van der Waals surface area contributed by atoms with Gasteiger partial charge in [0.05, 0.1) is 11.6 Å². The van der Waals surface area contributed by atoms with E-state index in [1.165, 1.54) is 0 Å². The molecule has 1 heterocycles. The van der Waals surface area contributed by atoms with Crippen molar-refractivity contribution in [2.24, 2.45) is 0 Å². The molecule has 0 aliphatic rings. The van der Waals surface area contributed by atoms with Gasteiger partial charge in [-0.2, -0.15) is 0 Å². The Hall–Kier alpha value is 0.0300. The zero-order chi connectivity index (χ0) is 9.14. The zero-order valence-corrected chi connectivity index (χ0v) is 8.81. The van der Waals surface area contributed by atoms with Crippen molar-refractivity contribution < 1.29 is 8.78 Å². The van der Waals surface area contributed by atoms with Crippen molar-refractivity contribution in [1.82, 2.24) is 4.98 Å². The van der Waals surface area contributed by atoms with Gasteiger partial charge in [-0.3, -0.25) is 0 Å². The molecule has 0 amide bonds. The smallest absolute Gasteiger partial charge is 0.249 e. The highest BCUT2D eigenvalue weighted by Gasteiger charge is 2.13. The van der Waals surface area contributed by atoms with Crippen LogP contribution in [-0.2, 0) is 5.88 Å². The molecule has 12 heavy (non-hydrogen) atoms. The van der Waals surface area contributed by atoms with Crippen LogP contribution in [0.3, 0.4) is 0 Å². The van der Waals surface area contributed by atoms with Crippen LogP contribution < -0.4 is 0 Å². The summed E-state index contributed by atoms with van der Waals surface area (Å²) in [6, 6.07) is 3.23. The number of halogens is 4. The molecule has 0 saturated heterocycles. The Morgan fingerprint density at radius 1 is 1.50 bits per heavy atom. The van der Waals surface area contributed by atoms with Crippen molar-refractivity contribution in [3.05, 3.63) is 27.1 Å². The van der Waals surface area contributed by atoms with Gasteiger partial charge in [-0.25, -0.2) is 13.8 Å². The van der Waals surface area contributed by atoms with Gasteiger partial charge in [0.25, 0.3) is 6.43 Å². The fourth-order valence-electron chi connectivity index (χ4n) is 0.728. The molecule has 0 fully saturated rings. The summed E-state index contributed by atoms with van der Waals surface area (Å²) in [6.45, 7) is 0. The molecule has 66 valence electrons. The lowest BCUT2D eigenvalue weighted by atomic mass is 10.3. The summed E-state index contributed by atoms with van der Waals surface area (Å²) in [4.78, 5) is 3.70. The summed E-state index contributed by atoms with van der Waals surface area (Å²) in [7, 11) is 0. The maximum atomic E-state index is 12.2. The van der Waals surface area contributed by atoms with Gasteiger partial charge in [0.2, 0.25) is 0 Å². The van der Waals surface area contributed by atoms with E-state index in [0.717, 1.165) is 0 Å². The maximum absolute atomic E-state index is 12.2. The van der Waals surface area contributed by atoms with Crippen LogP contribution in [0.25, 0.3) is 0 Å². The third-order valence-corrected chi connectivity index (χ3v) is 2.46. The van der Waals surface area contributed by atoms with Crippen LogP contribution in [-0.4, -0.2) is 4.98 Å². The summed E-state index contributed by atoms with van der Waals surface area (Å²) < 4.78 is 24.9. The average molecular weight is 303 g/mol. The van der Waals surface area contributed by atoms with Gasteiger partial charge in [0.1, 0.15) is 5.69 Å². The summed E-state index contributed by atoms with van der Waals surface area (Å²) in [6.07, 6.45) is -2.53. The minimum absolute atomic E-state index is 0.163. The third-order valence-electron chi connectivity index (χ3n) is 1.27. The Kier molecular flexibility index (Phi) is 3.64. The molecule has 1 aromatic heterocycles. The van der Waals surface area contributed by atoms with Gasteiger partial charge in [0, 0.05) is 3.57 Å². The first-order valence-corrected chi connectivity index (χ1v) is 4.76. The van der Waals surface area contributed by atoms with Crippen LogP contribution in [0, 0.1) is 3.57 Å². The molecule has 0 unspecified atom stereocenters. The van der Waals surface area contributed by atoms with E-state index in [-0.39, 0.29) is 11.6 Å². The quantitative estimate of drug-likeness (QED) is 0.603. The molecule has 0 atom stereocenters. The summed E-state index contributed by atoms with van der Waals surface area (Å²) in [5.74, 6) is 0.163. The van der Waals surface area contributed by atoms with Gasteiger partial charge in [-0.1, -0.05) is 0 Å². The van der Waals surface area contributed by atoms with E-state index in [1.807, 2.05) is 22.6 Å². The van der Waals surface area contributed by atoms with Crippen LogP contribution in [0.5, 0.6) is 0 Å². The van der Waals surface area contributed by atoms with Crippen LogP contribution >= 0.6 is 34.2 Å². The highest BCUT2D eigenvalue weighted by molar-refractivity contribution is 14.1. The van der Waals surface area contributed by atoms with E-state index < -0.39 is 6.43 Å². The topological polar surface area (TPSA) is 12.9 Å². The Balaban J connectivity index is 3.08. The van der Waals surface area contributed by atoms with Crippen molar-refractivity contribution in [2.45, 2.75) is 12.3 Å². The maximum Gasteiger partial charge on any atom is 0.281 e. The first-order valence-electron chi connectivity index (χ1n) is 3.14.